The maximum absolute atomic E-state index is 14.0. The quantitative estimate of drug-likeness (QED) is 0.386. The van der Waals surface area contributed by atoms with Crippen LogP contribution in [-0.2, 0) is 20.7 Å². The molecular weight excluding hydrogens is 474 g/mol. The van der Waals surface area contributed by atoms with Gasteiger partial charge in [-0.15, -0.1) is 0 Å². The van der Waals surface area contributed by atoms with Crippen LogP contribution in [0.3, 0.4) is 0 Å². The molecule has 0 aliphatic rings. The van der Waals surface area contributed by atoms with Gasteiger partial charge in [0.15, 0.2) is 0 Å². The highest BCUT2D eigenvalue weighted by atomic mass is 16.6. The fourth-order valence-electron chi connectivity index (χ4n) is 3.89. The van der Waals surface area contributed by atoms with Crippen LogP contribution >= 0.6 is 0 Å². The van der Waals surface area contributed by atoms with E-state index >= 15 is 0 Å². The van der Waals surface area contributed by atoms with E-state index in [9.17, 15) is 24.6 Å². The summed E-state index contributed by atoms with van der Waals surface area (Å²) in [5, 5.41) is 26.2. The zero-order valence-electron chi connectivity index (χ0n) is 22.4. The number of aliphatic hydroxyl groups excluding tert-OH is 1. The summed E-state index contributed by atoms with van der Waals surface area (Å²) in [5.74, 6) is -1.25. The maximum atomic E-state index is 14.0. The Labute approximate surface area is 218 Å². The van der Waals surface area contributed by atoms with Gasteiger partial charge in [0.1, 0.15) is 23.4 Å². The highest BCUT2D eigenvalue weighted by Crippen LogP contribution is 2.32. The van der Waals surface area contributed by atoms with Crippen molar-refractivity contribution in [2.75, 3.05) is 13.2 Å². The number of rotatable bonds is 10. The van der Waals surface area contributed by atoms with E-state index < -0.39 is 42.2 Å². The summed E-state index contributed by atoms with van der Waals surface area (Å²) in [7, 11) is 0. The minimum atomic E-state index is -1.25. The number of ether oxygens (including phenoxy) is 1. The van der Waals surface area contributed by atoms with E-state index in [2.05, 4.69) is 10.6 Å². The molecule has 2 unspecified atom stereocenters. The van der Waals surface area contributed by atoms with Gasteiger partial charge in [-0.3, -0.25) is 9.59 Å². The number of para-hydroxylation sites is 1. The third-order valence-electron chi connectivity index (χ3n) is 5.45. The van der Waals surface area contributed by atoms with E-state index in [4.69, 9.17) is 4.74 Å². The second kappa shape index (κ2) is 13.1. The van der Waals surface area contributed by atoms with Crippen LogP contribution in [0.1, 0.15) is 57.4 Å². The van der Waals surface area contributed by atoms with Crippen molar-refractivity contribution in [2.24, 2.45) is 0 Å². The number of alkyl carbamates (subject to hydrolysis) is 1. The molecule has 2 aromatic rings. The Hall–Kier alpha value is -3.59. The number of hydrogen-bond donors (Lipinski definition) is 4. The number of hydrogen-bond acceptors (Lipinski definition) is 6. The normalized spacial score (nSPS) is 13.0. The van der Waals surface area contributed by atoms with Gasteiger partial charge in [-0.1, -0.05) is 48.5 Å². The minimum Gasteiger partial charge on any atom is -0.507 e. The minimum absolute atomic E-state index is 0.123. The number of amides is 3. The summed E-state index contributed by atoms with van der Waals surface area (Å²) < 4.78 is 5.39. The lowest BCUT2D eigenvalue weighted by atomic mass is 9.98. The number of aliphatic hydroxyl groups is 1. The molecule has 3 amide bonds. The average Bonchev–Trinajstić information content (AvgIpc) is 2.79. The van der Waals surface area contributed by atoms with Crippen molar-refractivity contribution in [1.82, 2.24) is 15.5 Å². The molecule has 4 N–H and O–H groups in total. The van der Waals surface area contributed by atoms with E-state index in [0.717, 1.165) is 5.56 Å². The fraction of sp³-hybridized carbons (Fsp3) is 0.464. The van der Waals surface area contributed by atoms with Crippen LogP contribution in [0, 0.1) is 6.92 Å². The highest BCUT2D eigenvalue weighted by molar-refractivity contribution is 5.93. The van der Waals surface area contributed by atoms with Crippen LogP contribution in [0.5, 0.6) is 5.75 Å². The first-order valence-corrected chi connectivity index (χ1v) is 12.4. The number of aryl methyl sites for hydroxylation is 1. The smallest absolute Gasteiger partial charge is 0.408 e. The Morgan fingerprint density at radius 2 is 1.65 bits per heavy atom. The molecule has 0 spiro atoms. The summed E-state index contributed by atoms with van der Waals surface area (Å²) in [4.78, 5) is 41.3. The molecule has 2 atom stereocenters. The van der Waals surface area contributed by atoms with Crippen molar-refractivity contribution in [2.45, 2.75) is 71.7 Å². The lowest BCUT2D eigenvalue weighted by molar-refractivity contribution is -0.143. The van der Waals surface area contributed by atoms with Crippen molar-refractivity contribution in [3.8, 4) is 5.75 Å². The first-order chi connectivity index (χ1) is 17.3. The van der Waals surface area contributed by atoms with Gasteiger partial charge in [0.2, 0.25) is 11.8 Å². The standard InChI is InChI=1S/C28H39N3O6/c1-18(2)29-25(34)23(21-14-10-11-19(3)24(21)33)31(15-16-32)26(35)22(17-20-12-8-7-9-13-20)30-27(36)37-28(4,5)6/h7-14,18,22-23,32-33H,15-17H2,1-6H3,(H,29,34)(H,30,36). The number of aromatic hydroxyl groups is 1. The van der Waals surface area contributed by atoms with Gasteiger partial charge in [-0.05, 0) is 52.7 Å². The van der Waals surface area contributed by atoms with Crippen molar-refractivity contribution < 1.29 is 29.3 Å². The van der Waals surface area contributed by atoms with Crippen LogP contribution in [0.25, 0.3) is 0 Å². The van der Waals surface area contributed by atoms with Gasteiger partial charge in [0, 0.05) is 24.6 Å². The molecule has 0 saturated heterocycles. The first-order valence-electron chi connectivity index (χ1n) is 12.4. The van der Waals surface area contributed by atoms with Crippen LogP contribution in [0.4, 0.5) is 4.79 Å². The maximum Gasteiger partial charge on any atom is 0.408 e. The molecule has 0 heterocycles. The Bertz CT molecular complexity index is 1070. The Morgan fingerprint density at radius 1 is 1.00 bits per heavy atom. The molecule has 202 valence electrons. The third kappa shape index (κ3) is 8.78. The predicted molar refractivity (Wildman–Crippen MR) is 141 cm³/mol. The Morgan fingerprint density at radius 3 is 2.22 bits per heavy atom. The molecular formula is C28H39N3O6. The predicted octanol–water partition coefficient (Wildman–Crippen LogP) is 3.22. The van der Waals surface area contributed by atoms with Crippen molar-refractivity contribution in [1.29, 1.82) is 0 Å². The van der Waals surface area contributed by atoms with Crippen LogP contribution < -0.4 is 10.6 Å². The third-order valence-corrected chi connectivity index (χ3v) is 5.45. The summed E-state index contributed by atoms with van der Waals surface area (Å²) in [5.41, 5.74) is 0.740. The zero-order valence-corrected chi connectivity index (χ0v) is 22.4. The van der Waals surface area contributed by atoms with E-state index in [0.29, 0.717) is 5.56 Å². The molecule has 0 aliphatic heterocycles. The van der Waals surface area contributed by atoms with Crippen LogP contribution in [0.15, 0.2) is 48.5 Å². The number of carbonyl (C=O) groups is 3. The van der Waals surface area contributed by atoms with Crippen molar-refractivity contribution >= 4 is 17.9 Å². The number of phenols is 1. The van der Waals surface area contributed by atoms with E-state index in [-0.39, 0.29) is 30.3 Å². The fourth-order valence-corrected chi connectivity index (χ4v) is 3.89. The molecule has 0 aliphatic carbocycles. The lowest BCUT2D eigenvalue weighted by Gasteiger charge is -2.35. The first kappa shape index (κ1) is 29.6. The van der Waals surface area contributed by atoms with Gasteiger partial charge in [0.05, 0.1) is 6.61 Å². The van der Waals surface area contributed by atoms with Crippen LogP contribution in [0.2, 0.25) is 0 Å². The van der Waals surface area contributed by atoms with Gasteiger partial charge in [-0.2, -0.15) is 0 Å². The molecule has 9 nitrogen and oxygen atoms in total. The number of nitrogens with one attached hydrogen (secondary N) is 2. The summed E-state index contributed by atoms with van der Waals surface area (Å²) in [6.45, 7) is 9.76. The van der Waals surface area contributed by atoms with Crippen LogP contribution in [-0.4, -0.2) is 63.9 Å². The molecule has 0 radical (unpaired) electrons. The number of benzene rings is 2. The highest BCUT2D eigenvalue weighted by Gasteiger charge is 2.37. The van der Waals surface area contributed by atoms with Gasteiger partial charge < -0.3 is 30.5 Å². The Balaban J connectivity index is 2.56. The van der Waals surface area contributed by atoms with E-state index in [1.165, 1.54) is 4.90 Å². The van der Waals surface area contributed by atoms with Gasteiger partial charge in [0.25, 0.3) is 0 Å². The molecule has 0 fully saturated rings. The molecule has 9 heteroatoms. The summed E-state index contributed by atoms with van der Waals surface area (Å²) in [6, 6.07) is 11.5. The molecule has 2 rings (SSSR count). The van der Waals surface area contributed by atoms with Gasteiger partial charge >= 0.3 is 6.09 Å². The molecule has 0 bridgehead atoms. The second-order valence-corrected chi connectivity index (χ2v) is 10.2. The number of nitrogens with zero attached hydrogens (tertiary/aromatic N) is 1. The van der Waals surface area contributed by atoms with Crippen molar-refractivity contribution in [3.05, 3.63) is 65.2 Å². The molecule has 0 aromatic heterocycles. The SMILES string of the molecule is Cc1cccc(C(C(=O)NC(C)C)N(CCO)C(=O)C(Cc2ccccc2)NC(=O)OC(C)(C)C)c1O. The molecule has 2 aromatic carbocycles. The summed E-state index contributed by atoms with van der Waals surface area (Å²) >= 11 is 0. The molecule has 37 heavy (non-hydrogen) atoms. The number of carbonyl (C=O) groups excluding carboxylic acids is 3. The average molecular weight is 514 g/mol. The van der Waals surface area contributed by atoms with E-state index in [1.807, 2.05) is 30.3 Å². The topological polar surface area (TPSA) is 128 Å². The van der Waals surface area contributed by atoms with E-state index in [1.54, 1.807) is 59.7 Å². The second-order valence-electron chi connectivity index (χ2n) is 10.2. The largest absolute Gasteiger partial charge is 0.507 e. The monoisotopic (exact) mass is 513 g/mol. The van der Waals surface area contributed by atoms with Gasteiger partial charge in [-0.25, -0.2) is 4.79 Å². The Kier molecular flexibility index (Phi) is 10.5. The van der Waals surface area contributed by atoms with Crippen molar-refractivity contribution in [3.63, 3.8) is 0 Å². The lowest BCUT2D eigenvalue weighted by Crippen LogP contribution is -2.54. The number of phenolic OH excluding ortho intramolecular Hbond substituents is 1. The summed E-state index contributed by atoms with van der Waals surface area (Å²) in [6.07, 6.45) is -0.661. The zero-order chi connectivity index (χ0) is 27.8. The molecule has 0 saturated carbocycles.